The average molecular weight is 487 g/mol. The average Bonchev–Trinajstić information content (AvgIpc) is 3.34. The van der Waals surface area contributed by atoms with E-state index in [4.69, 9.17) is 16.3 Å². The number of ether oxygens (including phenoxy) is 1. The third-order valence-electron chi connectivity index (χ3n) is 4.50. The number of nitrogens with one attached hydrogen (secondary N) is 1. The van der Waals surface area contributed by atoms with Crippen LogP contribution >= 0.6 is 44.9 Å². The highest BCUT2D eigenvalue weighted by Gasteiger charge is 2.27. The predicted octanol–water partition coefficient (Wildman–Crippen LogP) is 4.75. The van der Waals surface area contributed by atoms with Crippen LogP contribution in [0.25, 0.3) is 10.6 Å². The molecule has 30 heavy (non-hydrogen) atoms. The topological polar surface area (TPSA) is 108 Å². The van der Waals surface area contributed by atoms with Gasteiger partial charge in [-0.15, -0.1) is 11.3 Å². The maximum Gasteiger partial charge on any atom is 0.257 e. The van der Waals surface area contributed by atoms with Gasteiger partial charge in [-0.2, -0.15) is 10.6 Å². The maximum atomic E-state index is 12.7. The molecule has 1 aliphatic rings. The summed E-state index contributed by atoms with van der Waals surface area (Å²) in [4.78, 5) is 24.3. The fourth-order valence-electron chi connectivity index (χ4n) is 2.94. The molecule has 4 rings (SSSR count). The summed E-state index contributed by atoms with van der Waals surface area (Å²) in [5.41, 5.74) is 1.13. The van der Waals surface area contributed by atoms with E-state index in [1.165, 1.54) is 36.0 Å². The zero-order valence-electron chi connectivity index (χ0n) is 15.9. The van der Waals surface area contributed by atoms with Gasteiger partial charge in [0.15, 0.2) is 5.13 Å². The molecule has 1 fully saturated rings. The summed E-state index contributed by atoms with van der Waals surface area (Å²) in [6.07, 6.45) is 1.51. The number of nitrogens with zero attached hydrogens (tertiary/aromatic N) is 3. The van der Waals surface area contributed by atoms with Crippen LogP contribution in [0.1, 0.15) is 10.4 Å². The van der Waals surface area contributed by atoms with Crippen LogP contribution in [0.4, 0.5) is 10.1 Å². The van der Waals surface area contributed by atoms with Crippen LogP contribution in [0.5, 0.6) is 5.88 Å². The normalized spacial score (nSPS) is 16.9. The number of thiazole rings is 1. The largest absolute Gasteiger partial charge is 0.481 e. The molecular formula is C18H19ClN4O4S3. The second-order valence-electron chi connectivity index (χ2n) is 6.54. The maximum absolute atomic E-state index is 12.7. The lowest BCUT2D eigenvalue weighted by molar-refractivity contribution is 0.102. The second kappa shape index (κ2) is 8.69. The molecule has 160 valence electrons. The molecular weight excluding hydrogens is 468 g/mol. The van der Waals surface area contributed by atoms with E-state index in [9.17, 15) is 13.9 Å². The first kappa shape index (κ1) is 21.3. The van der Waals surface area contributed by atoms with Crippen molar-refractivity contribution in [2.75, 3.05) is 41.9 Å². The predicted molar refractivity (Wildman–Crippen MR) is 124 cm³/mol. The minimum Gasteiger partial charge on any atom is -0.481 e. The van der Waals surface area contributed by atoms with Crippen molar-refractivity contribution in [3.8, 4) is 16.5 Å². The van der Waals surface area contributed by atoms with Gasteiger partial charge in [-0.05, 0) is 12.1 Å². The van der Waals surface area contributed by atoms with Gasteiger partial charge in [0.05, 0.1) is 28.5 Å². The first-order chi connectivity index (χ1) is 14.3. The van der Waals surface area contributed by atoms with E-state index in [0.29, 0.717) is 46.2 Å². The highest BCUT2D eigenvalue weighted by atomic mass is 35.5. The van der Waals surface area contributed by atoms with Gasteiger partial charge in [0, 0.05) is 36.3 Å². The summed E-state index contributed by atoms with van der Waals surface area (Å²) in [5, 5.41) is 6.60. The Bertz CT molecular complexity index is 1060. The molecule has 1 aliphatic heterocycles. The number of carbonyl (C=O) groups excluding carboxylic acids is 1. The van der Waals surface area contributed by atoms with Crippen molar-refractivity contribution in [3.63, 3.8) is 0 Å². The number of amides is 1. The first-order valence-corrected chi connectivity index (χ1v) is 12.9. The summed E-state index contributed by atoms with van der Waals surface area (Å²) in [6.45, 7) is 1.01. The molecule has 0 unspecified atom stereocenters. The Morgan fingerprint density at radius 3 is 2.77 bits per heavy atom. The molecule has 0 atom stereocenters. The molecule has 3 aromatic heterocycles. The van der Waals surface area contributed by atoms with Crippen LogP contribution in [-0.4, -0.2) is 56.7 Å². The fourth-order valence-corrected chi connectivity index (χ4v) is 6.32. The molecule has 0 spiro atoms. The van der Waals surface area contributed by atoms with Crippen molar-refractivity contribution >= 4 is 60.9 Å². The van der Waals surface area contributed by atoms with E-state index in [2.05, 4.69) is 20.2 Å². The van der Waals surface area contributed by atoms with Crippen LogP contribution in [-0.2, 0) is 0 Å². The van der Waals surface area contributed by atoms with Gasteiger partial charge in [-0.3, -0.25) is 19.2 Å². The summed E-state index contributed by atoms with van der Waals surface area (Å²) in [7, 11) is -1.03. The molecule has 1 saturated heterocycles. The van der Waals surface area contributed by atoms with E-state index in [1.54, 1.807) is 12.1 Å². The van der Waals surface area contributed by atoms with Crippen LogP contribution in [0.15, 0.2) is 29.8 Å². The first-order valence-electron chi connectivity index (χ1n) is 8.90. The minimum atomic E-state index is -2.52. The molecule has 0 aliphatic carbocycles. The molecule has 0 bridgehead atoms. The van der Waals surface area contributed by atoms with Gasteiger partial charge in [0.2, 0.25) is 5.88 Å². The number of rotatable bonds is 5. The Balaban J connectivity index is 1.62. The Labute approximate surface area is 187 Å². The number of hydrogen-bond donors (Lipinski definition) is 3. The molecule has 3 N–H and O–H groups in total. The summed E-state index contributed by atoms with van der Waals surface area (Å²) in [6, 6.07) is 4.99. The Morgan fingerprint density at radius 2 is 2.10 bits per heavy atom. The quantitative estimate of drug-likeness (QED) is 0.477. The molecule has 0 aromatic carbocycles. The third-order valence-corrected chi connectivity index (χ3v) is 8.49. The van der Waals surface area contributed by atoms with Gasteiger partial charge in [-0.1, -0.05) is 22.9 Å². The van der Waals surface area contributed by atoms with Gasteiger partial charge >= 0.3 is 0 Å². The van der Waals surface area contributed by atoms with Gasteiger partial charge in [0.1, 0.15) is 10.7 Å². The number of carbonyl (C=O) groups is 1. The Hall–Kier alpha value is -1.89. The zero-order chi connectivity index (χ0) is 21.3. The summed E-state index contributed by atoms with van der Waals surface area (Å²) in [5.74, 6) is 0.658. The van der Waals surface area contributed by atoms with Crippen molar-refractivity contribution in [2.45, 2.75) is 0 Å². The number of halogens is 1. The van der Waals surface area contributed by atoms with Gasteiger partial charge < -0.3 is 9.64 Å². The molecule has 0 radical (unpaired) electrons. The lowest BCUT2D eigenvalue weighted by Gasteiger charge is -2.41. The van der Waals surface area contributed by atoms with Crippen LogP contribution in [0.2, 0.25) is 5.02 Å². The molecule has 0 saturated carbocycles. The van der Waals surface area contributed by atoms with E-state index >= 15 is 0 Å². The van der Waals surface area contributed by atoms with E-state index in [-0.39, 0.29) is 5.91 Å². The van der Waals surface area contributed by atoms with Crippen LogP contribution in [0.3, 0.4) is 0 Å². The van der Waals surface area contributed by atoms with Crippen molar-refractivity contribution in [1.29, 1.82) is 0 Å². The molecule has 4 heterocycles. The van der Waals surface area contributed by atoms with E-state index < -0.39 is 10.6 Å². The van der Waals surface area contributed by atoms with Gasteiger partial charge in [-0.25, -0.2) is 9.97 Å². The Morgan fingerprint density at radius 1 is 1.33 bits per heavy atom. The second-order valence-corrected chi connectivity index (χ2v) is 11.3. The van der Waals surface area contributed by atoms with Crippen molar-refractivity contribution in [3.05, 3.63) is 40.4 Å². The number of methoxy groups -OCH3 is 1. The third kappa shape index (κ3) is 4.71. The number of thiophene rings is 1. The van der Waals surface area contributed by atoms with Crippen LogP contribution in [0, 0.1) is 0 Å². The highest BCUT2D eigenvalue weighted by Crippen LogP contribution is 2.46. The zero-order valence-corrected chi connectivity index (χ0v) is 19.1. The summed E-state index contributed by atoms with van der Waals surface area (Å²) < 4.78 is 24.9. The molecule has 8 nitrogen and oxygen atoms in total. The fraction of sp³-hybridized carbons (Fsp3) is 0.278. The Kier molecular flexibility index (Phi) is 6.19. The SMILES string of the molecule is COc1cc(C(=O)Nc2nc(-c3cc(Cl)cs3)c(N3CCS(O)(O)CC3)s2)ccn1. The molecule has 3 aromatic rings. The molecule has 1 amide bonds. The standard InChI is InChI=1S/C18H19ClN4O4S3/c1-27-14-8-11(2-3-20-14)16(24)22-18-21-15(13-9-12(19)10-28-13)17(29-18)23-4-6-30(25,26)7-5-23/h2-3,8-10,25-26H,4-7H2,1H3,(H,21,22,24). The lowest BCUT2D eigenvalue weighted by atomic mass is 10.2. The van der Waals surface area contributed by atoms with Crippen molar-refractivity contribution < 1.29 is 18.6 Å². The number of pyridine rings is 1. The monoisotopic (exact) mass is 486 g/mol. The van der Waals surface area contributed by atoms with E-state index in [0.717, 1.165) is 15.6 Å². The summed E-state index contributed by atoms with van der Waals surface area (Å²) >= 11 is 8.93. The number of anilines is 2. The van der Waals surface area contributed by atoms with E-state index in [1.807, 2.05) is 11.4 Å². The van der Waals surface area contributed by atoms with Crippen LogP contribution < -0.4 is 15.0 Å². The number of hydrogen-bond acceptors (Lipinski definition) is 9. The minimum absolute atomic E-state index is 0.314. The van der Waals surface area contributed by atoms with Crippen molar-refractivity contribution in [1.82, 2.24) is 9.97 Å². The number of aromatic nitrogens is 2. The van der Waals surface area contributed by atoms with Gasteiger partial charge in [0.25, 0.3) is 5.91 Å². The smallest absolute Gasteiger partial charge is 0.257 e. The van der Waals surface area contributed by atoms with Crippen molar-refractivity contribution in [2.24, 2.45) is 0 Å². The highest BCUT2D eigenvalue weighted by molar-refractivity contribution is 8.24. The molecule has 12 heteroatoms. The lowest BCUT2D eigenvalue weighted by Crippen LogP contribution is -2.38.